The number of nitrogens with zero attached hydrogens (tertiary/aromatic N) is 2. The molecule has 0 unspecified atom stereocenters. The summed E-state index contributed by atoms with van der Waals surface area (Å²) in [6.45, 7) is 0. The average molecular weight is 325 g/mol. The second-order valence-electron chi connectivity index (χ2n) is 4.39. The Labute approximate surface area is 128 Å². The Kier molecular flexibility index (Phi) is 4.60. The number of alkyl halides is 3. The first-order valence-corrected chi connectivity index (χ1v) is 6.23. The van der Waals surface area contributed by atoms with Gasteiger partial charge >= 0.3 is 6.18 Å². The summed E-state index contributed by atoms with van der Waals surface area (Å²) in [5, 5.41) is 19.8. The van der Waals surface area contributed by atoms with Crippen molar-refractivity contribution in [3.8, 4) is 0 Å². The molecule has 0 saturated heterocycles. The third-order valence-corrected chi connectivity index (χ3v) is 2.88. The summed E-state index contributed by atoms with van der Waals surface area (Å²) in [5.74, 6) is -0.267. The maximum absolute atomic E-state index is 13.0. The summed E-state index contributed by atoms with van der Waals surface area (Å²) >= 11 is 0. The van der Waals surface area contributed by atoms with Gasteiger partial charge in [-0.2, -0.15) is 13.2 Å². The van der Waals surface area contributed by atoms with Gasteiger partial charge in [0.25, 0.3) is 5.69 Å². The molecule has 0 bridgehead atoms. The fourth-order valence-electron chi connectivity index (χ4n) is 1.86. The number of rotatable bonds is 3. The van der Waals surface area contributed by atoms with Gasteiger partial charge in [0.2, 0.25) is 0 Å². The molecule has 2 aromatic carbocycles. The zero-order chi connectivity index (χ0) is 17.0. The minimum Gasteiger partial charge on any atom is -0.290 e. The van der Waals surface area contributed by atoms with Crippen molar-refractivity contribution in [1.29, 1.82) is 0 Å². The van der Waals surface area contributed by atoms with Gasteiger partial charge in [0.1, 0.15) is 5.56 Å². The molecule has 0 aliphatic carbocycles. The van der Waals surface area contributed by atoms with Gasteiger partial charge in [0.15, 0.2) is 5.84 Å². The molecule has 2 N–H and O–H groups in total. The van der Waals surface area contributed by atoms with Gasteiger partial charge < -0.3 is 0 Å². The molecule has 0 aliphatic heterocycles. The van der Waals surface area contributed by atoms with E-state index in [9.17, 15) is 23.3 Å². The third kappa shape index (κ3) is 3.83. The molecular formula is C14H10F3N3O3. The normalized spacial score (nSPS) is 12.1. The number of nitrogens with one attached hydrogen (secondary N) is 1. The lowest BCUT2D eigenvalue weighted by molar-refractivity contribution is -0.388. The molecule has 0 fully saturated rings. The lowest BCUT2D eigenvalue weighted by atomic mass is 10.1. The number of amidine groups is 1. The summed E-state index contributed by atoms with van der Waals surface area (Å²) in [6.07, 6.45) is -4.91. The van der Waals surface area contributed by atoms with Crippen LogP contribution in [0.25, 0.3) is 0 Å². The number of halogens is 3. The van der Waals surface area contributed by atoms with Crippen LogP contribution in [0, 0.1) is 10.1 Å². The van der Waals surface area contributed by atoms with Crippen LogP contribution in [0.15, 0.2) is 53.5 Å². The maximum atomic E-state index is 13.0. The Hall–Kier alpha value is -2.94. The number of hydrogen-bond donors (Lipinski definition) is 2. The van der Waals surface area contributed by atoms with E-state index in [4.69, 9.17) is 5.21 Å². The first kappa shape index (κ1) is 16.4. The van der Waals surface area contributed by atoms with Crippen molar-refractivity contribution in [2.75, 3.05) is 0 Å². The van der Waals surface area contributed by atoms with E-state index in [0.717, 1.165) is 12.1 Å². The van der Waals surface area contributed by atoms with Gasteiger partial charge in [-0.05, 0) is 24.3 Å². The number of nitro benzene ring substituents is 1. The van der Waals surface area contributed by atoms with Crippen LogP contribution < -0.4 is 5.48 Å². The summed E-state index contributed by atoms with van der Waals surface area (Å²) in [5.41, 5.74) is -0.543. The molecule has 120 valence electrons. The maximum Gasteiger partial charge on any atom is 0.423 e. The van der Waals surface area contributed by atoms with E-state index >= 15 is 0 Å². The largest absolute Gasteiger partial charge is 0.423 e. The molecule has 0 aliphatic rings. The highest BCUT2D eigenvalue weighted by Gasteiger charge is 2.38. The van der Waals surface area contributed by atoms with E-state index < -0.39 is 22.4 Å². The van der Waals surface area contributed by atoms with Crippen LogP contribution in [0.4, 0.5) is 24.5 Å². The zero-order valence-corrected chi connectivity index (χ0v) is 11.4. The molecule has 0 aromatic heterocycles. The van der Waals surface area contributed by atoms with Gasteiger partial charge in [0, 0.05) is 11.6 Å². The Morgan fingerprint density at radius 1 is 1.17 bits per heavy atom. The van der Waals surface area contributed by atoms with Gasteiger partial charge in [-0.15, -0.1) is 0 Å². The van der Waals surface area contributed by atoms with E-state index in [0.29, 0.717) is 11.8 Å². The van der Waals surface area contributed by atoms with Crippen LogP contribution in [0.5, 0.6) is 0 Å². The standard InChI is InChI=1S/C14H10F3N3O3/c15-14(16,17)11-8-9(6-7-12(11)20(22)23)13(19-21)18-10-4-2-1-3-5-10/h1-8,21H,(H,18,19). The summed E-state index contributed by atoms with van der Waals surface area (Å²) < 4.78 is 38.9. The highest BCUT2D eigenvalue weighted by Crippen LogP contribution is 2.36. The van der Waals surface area contributed by atoms with Crippen molar-refractivity contribution in [3.63, 3.8) is 0 Å². The first-order valence-electron chi connectivity index (χ1n) is 6.23. The molecule has 2 rings (SSSR count). The summed E-state index contributed by atoms with van der Waals surface area (Å²) in [7, 11) is 0. The number of nitro groups is 1. The fourth-order valence-corrected chi connectivity index (χ4v) is 1.86. The van der Waals surface area contributed by atoms with Crippen LogP contribution in [0.2, 0.25) is 0 Å². The number of benzene rings is 2. The first-order chi connectivity index (χ1) is 10.8. The monoisotopic (exact) mass is 325 g/mol. The van der Waals surface area contributed by atoms with Gasteiger partial charge in [-0.3, -0.25) is 20.8 Å². The minimum atomic E-state index is -4.91. The second-order valence-corrected chi connectivity index (χ2v) is 4.39. The number of hydrogen-bond acceptors (Lipinski definition) is 4. The molecule has 23 heavy (non-hydrogen) atoms. The van der Waals surface area contributed by atoms with Crippen LogP contribution in [0.3, 0.4) is 0 Å². The molecule has 2 aromatic rings. The minimum absolute atomic E-state index is 0.144. The summed E-state index contributed by atoms with van der Waals surface area (Å²) in [4.78, 5) is 13.6. The van der Waals surface area contributed by atoms with E-state index in [1.54, 1.807) is 35.8 Å². The fraction of sp³-hybridized carbons (Fsp3) is 0.0714. The Bertz CT molecular complexity index is 746. The number of hydroxylamine groups is 1. The van der Waals surface area contributed by atoms with Crippen LogP contribution in [-0.2, 0) is 6.18 Å². The van der Waals surface area contributed by atoms with E-state index in [1.807, 2.05) is 0 Å². The molecule has 0 spiro atoms. The molecule has 0 radical (unpaired) electrons. The predicted molar refractivity (Wildman–Crippen MR) is 75.7 cm³/mol. The van der Waals surface area contributed by atoms with E-state index in [1.165, 1.54) is 0 Å². The average Bonchev–Trinajstić information content (AvgIpc) is 2.52. The Morgan fingerprint density at radius 2 is 1.83 bits per heavy atom. The van der Waals surface area contributed by atoms with E-state index in [2.05, 4.69) is 4.99 Å². The highest BCUT2D eigenvalue weighted by molar-refractivity contribution is 6.00. The molecular weight excluding hydrogens is 315 g/mol. The molecule has 6 nitrogen and oxygen atoms in total. The summed E-state index contributed by atoms with van der Waals surface area (Å²) in [6, 6.07) is 10.5. The van der Waals surface area contributed by atoms with Crippen molar-refractivity contribution in [1.82, 2.24) is 5.48 Å². The van der Waals surface area contributed by atoms with Crippen molar-refractivity contribution in [2.45, 2.75) is 6.18 Å². The van der Waals surface area contributed by atoms with Crippen LogP contribution >= 0.6 is 0 Å². The topological polar surface area (TPSA) is 87.8 Å². The molecule has 0 heterocycles. The lowest BCUT2D eigenvalue weighted by Gasteiger charge is -2.10. The number of aliphatic imine (C=N–C) groups is 1. The third-order valence-electron chi connectivity index (χ3n) is 2.88. The Balaban J connectivity index is 2.54. The number of para-hydroxylation sites is 1. The van der Waals surface area contributed by atoms with Crippen LogP contribution in [0.1, 0.15) is 11.1 Å². The quantitative estimate of drug-likeness (QED) is 0.390. The molecule has 9 heteroatoms. The lowest BCUT2D eigenvalue weighted by Crippen LogP contribution is -2.21. The highest BCUT2D eigenvalue weighted by atomic mass is 19.4. The van der Waals surface area contributed by atoms with Gasteiger partial charge in [-0.1, -0.05) is 18.2 Å². The molecule has 0 atom stereocenters. The SMILES string of the molecule is O=[N+]([O-])c1ccc(C(=Nc2ccccc2)NO)cc1C(F)(F)F. The second kappa shape index (κ2) is 6.44. The Morgan fingerprint density at radius 3 is 2.35 bits per heavy atom. The molecule has 0 amide bonds. The van der Waals surface area contributed by atoms with Crippen molar-refractivity contribution in [3.05, 3.63) is 69.8 Å². The zero-order valence-electron chi connectivity index (χ0n) is 11.4. The predicted octanol–water partition coefficient (Wildman–Crippen LogP) is 3.67. The van der Waals surface area contributed by atoms with Crippen LogP contribution in [-0.4, -0.2) is 16.0 Å². The van der Waals surface area contributed by atoms with E-state index in [-0.39, 0.29) is 11.4 Å². The van der Waals surface area contributed by atoms with Gasteiger partial charge in [0.05, 0.1) is 10.6 Å². The smallest absolute Gasteiger partial charge is 0.290 e. The van der Waals surface area contributed by atoms with Crippen molar-refractivity contribution >= 4 is 17.2 Å². The van der Waals surface area contributed by atoms with Crippen molar-refractivity contribution in [2.24, 2.45) is 4.99 Å². The van der Waals surface area contributed by atoms with Gasteiger partial charge in [-0.25, -0.2) is 4.99 Å². The molecule has 0 saturated carbocycles. The van der Waals surface area contributed by atoms with Crippen molar-refractivity contribution < 1.29 is 23.3 Å².